The van der Waals surface area contributed by atoms with Crippen molar-refractivity contribution in [3.63, 3.8) is 0 Å². The fraction of sp³-hybridized carbons (Fsp3) is 0.370. The van der Waals surface area contributed by atoms with Crippen molar-refractivity contribution in [3.05, 3.63) is 80.0 Å². The lowest BCUT2D eigenvalue weighted by Gasteiger charge is -2.30. The summed E-state index contributed by atoms with van der Waals surface area (Å²) in [4.78, 5) is 15.7. The van der Waals surface area contributed by atoms with Gasteiger partial charge in [0.05, 0.1) is 24.9 Å². The van der Waals surface area contributed by atoms with Gasteiger partial charge < -0.3 is 14.0 Å². The van der Waals surface area contributed by atoms with E-state index in [0.29, 0.717) is 43.9 Å². The number of pyridine rings is 2. The number of imidazole rings is 1. The van der Waals surface area contributed by atoms with Crippen LogP contribution in [0.15, 0.2) is 41.0 Å². The fourth-order valence-electron chi connectivity index (χ4n) is 4.91. The second-order valence-electron chi connectivity index (χ2n) is 9.85. The molecule has 0 bridgehead atoms. The van der Waals surface area contributed by atoms with Crippen molar-refractivity contribution in [2.45, 2.75) is 51.4 Å². The van der Waals surface area contributed by atoms with Crippen molar-refractivity contribution in [1.82, 2.24) is 24.4 Å². The molecular weight excluding hydrogens is 618 g/mol. The lowest BCUT2D eigenvalue weighted by Crippen LogP contribution is -2.34. The Hall–Kier alpha value is -2.80. The molecule has 0 saturated carbocycles. The first-order valence-electron chi connectivity index (χ1n) is 12.7. The van der Waals surface area contributed by atoms with Crippen LogP contribution in [-0.2, 0) is 43.6 Å². The molecule has 2 aliphatic heterocycles. The third kappa shape index (κ3) is 5.67. The Kier molecular flexibility index (Phi) is 7.45. The van der Waals surface area contributed by atoms with Gasteiger partial charge in [0.15, 0.2) is 5.65 Å². The van der Waals surface area contributed by atoms with Crippen LogP contribution in [0.5, 0.6) is 5.88 Å². The summed E-state index contributed by atoms with van der Waals surface area (Å²) in [6.45, 7) is 2.22. The fourth-order valence-corrected chi connectivity index (χ4v) is 5.39. The number of ether oxygens (including phenoxy) is 2. The van der Waals surface area contributed by atoms with Crippen LogP contribution in [0.2, 0.25) is 5.02 Å². The highest BCUT2D eigenvalue weighted by atomic mass is 79.9. The molecule has 7 nitrogen and oxygen atoms in total. The summed E-state index contributed by atoms with van der Waals surface area (Å²) in [6.07, 6.45) is -1.52. The number of halogens is 6. The number of hydrogen-bond acceptors (Lipinski definition) is 6. The maximum absolute atomic E-state index is 14.2. The molecule has 0 aliphatic carbocycles. The molecule has 2 aliphatic rings. The molecule has 210 valence electrons. The van der Waals surface area contributed by atoms with Crippen molar-refractivity contribution < 1.29 is 27.0 Å². The molecule has 5 heterocycles. The van der Waals surface area contributed by atoms with Gasteiger partial charge in [-0.3, -0.25) is 4.90 Å². The van der Waals surface area contributed by atoms with Crippen LogP contribution in [-0.4, -0.2) is 43.7 Å². The molecule has 40 heavy (non-hydrogen) atoms. The predicted octanol–water partition coefficient (Wildman–Crippen LogP) is 6.33. The Morgan fingerprint density at radius 2 is 2.00 bits per heavy atom. The lowest BCUT2D eigenvalue weighted by molar-refractivity contribution is -0.139. The summed E-state index contributed by atoms with van der Waals surface area (Å²) in [5.41, 5.74) is 1.59. The minimum atomic E-state index is -4.68. The molecule has 0 N–H and O–H groups in total. The Labute approximate surface area is 240 Å². The number of rotatable bonds is 7. The number of alkyl halides is 3. The van der Waals surface area contributed by atoms with Gasteiger partial charge in [0.1, 0.15) is 29.3 Å². The topological polar surface area (TPSA) is 65.3 Å². The van der Waals surface area contributed by atoms with Crippen LogP contribution < -0.4 is 4.74 Å². The minimum Gasteiger partial charge on any atom is -0.472 e. The molecular formula is C27H23BrClF4N5O2. The van der Waals surface area contributed by atoms with Crippen LogP contribution in [0, 0.1) is 5.82 Å². The van der Waals surface area contributed by atoms with E-state index in [9.17, 15) is 17.6 Å². The maximum Gasteiger partial charge on any atom is 0.421 e. The second kappa shape index (κ2) is 10.9. The molecule has 1 fully saturated rings. The van der Waals surface area contributed by atoms with E-state index in [0.717, 1.165) is 46.6 Å². The molecule has 3 aromatic heterocycles. The summed E-state index contributed by atoms with van der Waals surface area (Å²) in [6, 6.07) is 6.91. The molecule has 13 heteroatoms. The largest absolute Gasteiger partial charge is 0.472 e. The molecule has 0 amide bonds. The average Bonchev–Trinajstić information content (AvgIpc) is 3.20. The molecule has 6 rings (SSSR count). The van der Waals surface area contributed by atoms with Crippen molar-refractivity contribution in [2.75, 3.05) is 13.2 Å². The predicted molar refractivity (Wildman–Crippen MR) is 142 cm³/mol. The summed E-state index contributed by atoms with van der Waals surface area (Å²) >= 11 is 9.23. The summed E-state index contributed by atoms with van der Waals surface area (Å²) in [5, 5.41) is 0.182. The summed E-state index contributed by atoms with van der Waals surface area (Å²) in [5.74, 6) is -0.450. The van der Waals surface area contributed by atoms with E-state index in [1.165, 1.54) is 12.1 Å². The van der Waals surface area contributed by atoms with Crippen LogP contribution in [0.25, 0.3) is 11.2 Å². The van der Waals surface area contributed by atoms with Gasteiger partial charge in [-0.15, -0.1) is 0 Å². The van der Waals surface area contributed by atoms with Gasteiger partial charge in [0.25, 0.3) is 0 Å². The zero-order valence-corrected chi connectivity index (χ0v) is 23.4. The number of fused-ring (bicyclic) bond motifs is 2. The molecule has 0 spiro atoms. The minimum absolute atomic E-state index is 0.0771. The number of nitrogens with zero attached hydrogens (tertiary/aromatic N) is 5. The van der Waals surface area contributed by atoms with Gasteiger partial charge in [0.2, 0.25) is 5.88 Å². The van der Waals surface area contributed by atoms with Gasteiger partial charge in [-0.05, 0) is 58.6 Å². The Morgan fingerprint density at radius 3 is 2.73 bits per heavy atom. The quantitative estimate of drug-likeness (QED) is 0.220. The van der Waals surface area contributed by atoms with Crippen molar-refractivity contribution in [1.29, 1.82) is 0 Å². The van der Waals surface area contributed by atoms with E-state index >= 15 is 0 Å². The van der Waals surface area contributed by atoms with Crippen LogP contribution >= 0.6 is 27.5 Å². The van der Waals surface area contributed by atoms with E-state index in [2.05, 4.69) is 35.4 Å². The highest BCUT2D eigenvalue weighted by Gasteiger charge is 2.37. The first-order chi connectivity index (χ1) is 19.1. The van der Waals surface area contributed by atoms with E-state index in [1.807, 2.05) is 6.07 Å². The van der Waals surface area contributed by atoms with E-state index in [4.69, 9.17) is 26.1 Å². The van der Waals surface area contributed by atoms with Gasteiger partial charge >= 0.3 is 6.18 Å². The monoisotopic (exact) mass is 639 g/mol. The third-order valence-corrected chi connectivity index (χ3v) is 7.76. The average molecular weight is 641 g/mol. The van der Waals surface area contributed by atoms with Gasteiger partial charge in [-0.25, -0.2) is 19.3 Å². The third-order valence-electron chi connectivity index (χ3n) is 7.09. The number of hydrogen-bond donors (Lipinski definition) is 0. The van der Waals surface area contributed by atoms with Crippen molar-refractivity contribution >= 4 is 38.7 Å². The van der Waals surface area contributed by atoms with E-state index in [-0.39, 0.29) is 16.7 Å². The van der Waals surface area contributed by atoms with Crippen molar-refractivity contribution in [3.8, 4) is 5.88 Å². The molecule has 0 radical (unpaired) electrons. The first-order valence-corrected chi connectivity index (χ1v) is 13.8. The van der Waals surface area contributed by atoms with E-state index < -0.39 is 30.0 Å². The normalized spacial score (nSPS) is 17.6. The van der Waals surface area contributed by atoms with Crippen LogP contribution in [0.4, 0.5) is 17.6 Å². The molecule has 0 unspecified atom stereocenters. The van der Waals surface area contributed by atoms with Gasteiger partial charge in [0, 0.05) is 41.0 Å². The van der Waals surface area contributed by atoms with E-state index in [1.54, 1.807) is 6.20 Å². The molecule has 1 atom stereocenters. The second-order valence-corrected chi connectivity index (χ2v) is 11.2. The summed E-state index contributed by atoms with van der Waals surface area (Å²) < 4.78 is 69.9. The smallest absolute Gasteiger partial charge is 0.421 e. The molecule has 4 aromatic rings. The summed E-state index contributed by atoms with van der Waals surface area (Å²) in [7, 11) is 0. The zero-order chi connectivity index (χ0) is 28.0. The SMILES string of the molecule is Fc1cc(Cl)ccc1COc1nc2c(cc1C(F)(F)F)CCN(Cc1nc3cc(Br)cnc3n1C[C@@H]1CCO1)C2. The molecule has 1 saturated heterocycles. The number of aromatic nitrogens is 4. The van der Waals surface area contributed by atoms with Gasteiger partial charge in [-0.2, -0.15) is 13.2 Å². The van der Waals surface area contributed by atoms with Crippen molar-refractivity contribution in [2.24, 2.45) is 0 Å². The first kappa shape index (κ1) is 27.4. The highest BCUT2D eigenvalue weighted by molar-refractivity contribution is 9.10. The lowest BCUT2D eigenvalue weighted by atomic mass is 10.0. The standard InChI is InChI=1S/C27H23BrClF4N5O2/c28-17-8-22-25(34-10-17)38(11-19-4-6-39-19)24(35-22)13-37-5-3-15-7-20(27(31,32)33)26(36-23(15)12-37)40-14-16-1-2-18(29)9-21(16)30/h1-2,7-10,19H,3-6,11-14H2/t19-/m0/s1. The zero-order valence-electron chi connectivity index (χ0n) is 21.0. The number of benzene rings is 1. The van der Waals surface area contributed by atoms with Gasteiger partial charge in [-0.1, -0.05) is 17.7 Å². The highest BCUT2D eigenvalue weighted by Crippen LogP contribution is 2.38. The Bertz CT molecular complexity index is 1580. The Balaban J connectivity index is 1.26. The maximum atomic E-state index is 14.2. The van der Waals surface area contributed by atoms with Crippen LogP contribution in [0.3, 0.4) is 0 Å². The Morgan fingerprint density at radius 1 is 1.18 bits per heavy atom. The molecule has 1 aromatic carbocycles. The van der Waals surface area contributed by atoms with Crippen LogP contribution in [0.1, 0.15) is 34.6 Å².